The second-order valence-electron chi connectivity index (χ2n) is 5.66. The largest absolute Gasteiger partial charge is 0.458 e. The van der Waals surface area contributed by atoms with Crippen molar-refractivity contribution in [2.45, 2.75) is 20.5 Å². The number of aryl methyl sites for hydroxylation is 1. The SMILES string of the molecule is C/C(=N\OCC(=O)OCc1ccc(C)cc1)c1ccc2c(c1)OCO2. The summed E-state index contributed by atoms with van der Waals surface area (Å²) in [5.41, 5.74) is 3.55. The van der Waals surface area contributed by atoms with Crippen molar-refractivity contribution in [3.8, 4) is 11.5 Å². The number of nitrogens with zero attached hydrogens (tertiary/aromatic N) is 1. The molecule has 1 aliphatic rings. The van der Waals surface area contributed by atoms with Crippen LogP contribution >= 0.6 is 0 Å². The third-order valence-electron chi connectivity index (χ3n) is 3.69. The molecule has 1 heterocycles. The average Bonchev–Trinajstić information content (AvgIpc) is 3.09. The van der Waals surface area contributed by atoms with Crippen LogP contribution in [0.5, 0.6) is 11.5 Å². The molecule has 0 radical (unpaired) electrons. The Morgan fingerprint density at radius 3 is 2.68 bits per heavy atom. The van der Waals surface area contributed by atoms with E-state index in [1.807, 2.05) is 49.4 Å². The van der Waals surface area contributed by atoms with Gasteiger partial charge in [-0.2, -0.15) is 0 Å². The summed E-state index contributed by atoms with van der Waals surface area (Å²) in [6.07, 6.45) is 0. The third kappa shape index (κ3) is 4.50. The van der Waals surface area contributed by atoms with Crippen LogP contribution in [0.4, 0.5) is 0 Å². The number of carbonyl (C=O) groups excluding carboxylic acids is 1. The van der Waals surface area contributed by atoms with Gasteiger partial charge in [0.15, 0.2) is 11.5 Å². The molecule has 0 fully saturated rings. The molecule has 0 aromatic heterocycles. The van der Waals surface area contributed by atoms with Crippen molar-refractivity contribution in [3.05, 3.63) is 59.2 Å². The zero-order valence-corrected chi connectivity index (χ0v) is 14.2. The lowest BCUT2D eigenvalue weighted by atomic mass is 10.1. The van der Waals surface area contributed by atoms with Gasteiger partial charge in [-0.1, -0.05) is 35.0 Å². The maximum Gasteiger partial charge on any atom is 0.347 e. The summed E-state index contributed by atoms with van der Waals surface area (Å²) < 4.78 is 15.7. The first-order valence-corrected chi connectivity index (χ1v) is 7.89. The van der Waals surface area contributed by atoms with Crippen molar-refractivity contribution < 1.29 is 23.8 Å². The van der Waals surface area contributed by atoms with Crippen LogP contribution < -0.4 is 9.47 Å². The van der Waals surface area contributed by atoms with Crippen LogP contribution in [-0.4, -0.2) is 25.1 Å². The molecular formula is C19H19NO5. The van der Waals surface area contributed by atoms with Crippen LogP contribution in [-0.2, 0) is 21.0 Å². The zero-order chi connectivity index (χ0) is 17.6. The molecule has 0 saturated carbocycles. The van der Waals surface area contributed by atoms with Crippen molar-refractivity contribution in [1.29, 1.82) is 0 Å². The minimum atomic E-state index is -0.470. The van der Waals surface area contributed by atoms with Crippen LogP contribution in [0.1, 0.15) is 23.6 Å². The molecule has 0 saturated heterocycles. The number of ether oxygens (including phenoxy) is 3. The number of carbonyl (C=O) groups is 1. The highest BCUT2D eigenvalue weighted by molar-refractivity contribution is 5.99. The lowest BCUT2D eigenvalue weighted by Crippen LogP contribution is -2.11. The number of rotatable bonds is 6. The van der Waals surface area contributed by atoms with Gasteiger partial charge in [-0.25, -0.2) is 4.79 Å². The Bertz CT molecular complexity index is 783. The normalized spacial score (nSPS) is 12.8. The third-order valence-corrected chi connectivity index (χ3v) is 3.69. The lowest BCUT2D eigenvalue weighted by molar-refractivity contribution is -0.150. The standard InChI is InChI=1S/C19H19NO5/c1-13-3-5-15(6-4-13)10-22-19(21)11-25-20-14(2)16-7-8-17-18(9-16)24-12-23-17/h3-9H,10-12H2,1-2H3/b20-14+. The predicted molar refractivity (Wildman–Crippen MR) is 91.7 cm³/mol. The fourth-order valence-electron chi connectivity index (χ4n) is 2.25. The number of oxime groups is 1. The highest BCUT2D eigenvalue weighted by Crippen LogP contribution is 2.32. The summed E-state index contributed by atoms with van der Waals surface area (Å²) in [7, 11) is 0. The van der Waals surface area contributed by atoms with Gasteiger partial charge >= 0.3 is 5.97 Å². The van der Waals surface area contributed by atoms with E-state index in [-0.39, 0.29) is 20.0 Å². The smallest absolute Gasteiger partial charge is 0.347 e. The second-order valence-corrected chi connectivity index (χ2v) is 5.66. The highest BCUT2D eigenvalue weighted by atomic mass is 16.7. The minimum Gasteiger partial charge on any atom is -0.458 e. The van der Waals surface area contributed by atoms with Gasteiger partial charge in [0, 0.05) is 5.56 Å². The molecule has 3 rings (SSSR count). The Morgan fingerprint density at radius 2 is 1.88 bits per heavy atom. The number of benzene rings is 2. The fourth-order valence-corrected chi connectivity index (χ4v) is 2.25. The van der Waals surface area contributed by atoms with Crippen molar-refractivity contribution in [2.24, 2.45) is 5.16 Å². The topological polar surface area (TPSA) is 66.4 Å². The van der Waals surface area contributed by atoms with Gasteiger partial charge in [0.2, 0.25) is 13.4 Å². The lowest BCUT2D eigenvalue weighted by Gasteiger charge is -2.06. The Hall–Kier alpha value is -3.02. The van der Waals surface area contributed by atoms with Gasteiger partial charge in [-0.3, -0.25) is 0 Å². The van der Waals surface area contributed by atoms with E-state index in [9.17, 15) is 4.79 Å². The maximum absolute atomic E-state index is 11.7. The number of esters is 1. The Labute approximate surface area is 146 Å². The molecule has 0 amide bonds. The number of hydrogen-bond donors (Lipinski definition) is 0. The van der Waals surface area contributed by atoms with Gasteiger partial charge in [0.25, 0.3) is 0 Å². The van der Waals surface area contributed by atoms with E-state index in [0.29, 0.717) is 17.2 Å². The highest BCUT2D eigenvalue weighted by Gasteiger charge is 2.14. The summed E-state index contributed by atoms with van der Waals surface area (Å²) in [5, 5.41) is 3.95. The van der Waals surface area contributed by atoms with E-state index in [0.717, 1.165) is 16.7 Å². The molecule has 0 atom stereocenters. The van der Waals surface area contributed by atoms with Crippen LogP contribution in [0.2, 0.25) is 0 Å². The quantitative estimate of drug-likeness (QED) is 0.458. The first-order valence-electron chi connectivity index (χ1n) is 7.89. The molecule has 2 aromatic rings. The van der Waals surface area contributed by atoms with Gasteiger partial charge in [0.05, 0.1) is 5.71 Å². The van der Waals surface area contributed by atoms with Crippen molar-refractivity contribution in [1.82, 2.24) is 0 Å². The molecule has 0 N–H and O–H groups in total. The number of fused-ring (bicyclic) bond motifs is 1. The first-order chi connectivity index (χ1) is 12.1. The van der Waals surface area contributed by atoms with Crippen LogP contribution in [0.3, 0.4) is 0 Å². The van der Waals surface area contributed by atoms with Gasteiger partial charge < -0.3 is 19.0 Å². The molecule has 0 unspecified atom stereocenters. The fraction of sp³-hybridized carbons (Fsp3) is 0.263. The Kier molecular flexibility index (Phi) is 5.18. The molecule has 25 heavy (non-hydrogen) atoms. The summed E-state index contributed by atoms with van der Waals surface area (Å²) in [6.45, 7) is 3.98. The minimum absolute atomic E-state index is 0.216. The zero-order valence-electron chi connectivity index (χ0n) is 14.2. The Morgan fingerprint density at radius 1 is 1.12 bits per heavy atom. The summed E-state index contributed by atoms with van der Waals surface area (Å²) in [6, 6.07) is 13.3. The van der Waals surface area contributed by atoms with Crippen LogP contribution in [0.25, 0.3) is 0 Å². The van der Waals surface area contributed by atoms with E-state index < -0.39 is 5.97 Å². The van der Waals surface area contributed by atoms with E-state index in [4.69, 9.17) is 19.0 Å². The molecule has 2 aromatic carbocycles. The molecule has 6 nitrogen and oxygen atoms in total. The van der Waals surface area contributed by atoms with E-state index in [2.05, 4.69) is 5.16 Å². The molecule has 1 aliphatic heterocycles. The second kappa shape index (κ2) is 7.70. The predicted octanol–water partition coefficient (Wildman–Crippen LogP) is 3.21. The number of hydrogen-bond acceptors (Lipinski definition) is 6. The average molecular weight is 341 g/mol. The van der Waals surface area contributed by atoms with Crippen molar-refractivity contribution in [2.75, 3.05) is 13.4 Å². The van der Waals surface area contributed by atoms with Crippen molar-refractivity contribution >= 4 is 11.7 Å². The van der Waals surface area contributed by atoms with Gasteiger partial charge in [-0.15, -0.1) is 0 Å². The van der Waals surface area contributed by atoms with Crippen LogP contribution in [0, 0.1) is 6.92 Å². The van der Waals surface area contributed by atoms with E-state index in [1.165, 1.54) is 0 Å². The Balaban J connectivity index is 1.47. The van der Waals surface area contributed by atoms with E-state index >= 15 is 0 Å². The summed E-state index contributed by atoms with van der Waals surface area (Å²) in [5.74, 6) is 0.907. The summed E-state index contributed by atoms with van der Waals surface area (Å²) >= 11 is 0. The van der Waals surface area contributed by atoms with Gasteiger partial charge in [-0.05, 0) is 37.6 Å². The van der Waals surface area contributed by atoms with Gasteiger partial charge in [0.1, 0.15) is 6.61 Å². The summed E-state index contributed by atoms with van der Waals surface area (Å²) in [4.78, 5) is 16.8. The van der Waals surface area contributed by atoms with Crippen molar-refractivity contribution in [3.63, 3.8) is 0 Å². The first kappa shape index (κ1) is 16.8. The maximum atomic E-state index is 11.7. The molecule has 0 aliphatic carbocycles. The van der Waals surface area contributed by atoms with E-state index in [1.54, 1.807) is 6.92 Å². The molecule has 130 valence electrons. The molecule has 6 heteroatoms. The molecule has 0 bridgehead atoms. The monoisotopic (exact) mass is 341 g/mol. The molecule has 0 spiro atoms. The van der Waals surface area contributed by atoms with Crippen LogP contribution in [0.15, 0.2) is 47.6 Å². The molecular weight excluding hydrogens is 322 g/mol.